The summed E-state index contributed by atoms with van der Waals surface area (Å²) in [6.45, 7) is 8.85. The molecule has 0 radical (unpaired) electrons. The van der Waals surface area contributed by atoms with Gasteiger partial charge in [0.2, 0.25) is 0 Å². The van der Waals surface area contributed by atoms with Crippen molar-refractivity contribution >= 4 is 5.97 Å². The molecule has 37 heavy (non-hydrogen) atoms. The van der Waals surface area contributed by atoms with Crippen LogP contribution in [0.25, 0.3) is 0 Å². The number of hydrogen-bond acceptors (Lipinski definition) is 5. The maximum absolute atomic E-state index is 13.1. The van der Waals surface area contributed by atoms with Gasteiger partial charge in [0.1, 0.15) is 6.10 Å². The monoisotopic (exact) mass is 500 g/mol. The van der Waals surface area contributed by atoms with Crippen LogP contribution >= 0.6 is 0 Å². The van der Waals surface area contributed by atoms with Crippen LogP contribution < -0.4 is 0 Å². The van der Waals surface area contributed by atoms with E-state index in [0.29, 0.717) is 12.5 Å². The average Bonchev–Trinajstić information content (AvgIpc) is 3.23. The second-order valence-corrected chi connectivity index (χ2v) is 11.9. The van der Waals surface area contributed by atoms with E-state index in [2.05, 4.69) is 90.4 Å². The maximum atomic E-state index is 13.1. The molecule has 2 aliphatic carbocycles. The molecule has 2 aromatic carbocycles. The van der Waals surface area contributed by atoms with Crippen LogP contribution in [0.15, 0.2) is 72.3 Å². The molecule has 2 aliphatic heterocycles. The molecule has 0 spiro atoms. The number of esters is 1. The van der Waals surface area contributed by atoms with E-state index in [1.165, 1.54) is 16.7 Å². The molecule has 196 valence electrons. The third-order valence-electron chi connectivity index (χ3n) is 10.0. The lowest BCUT2D eigenvalue weighted by atomic mass is 9.55. The van der Waals surface area contributed by atoms with E-state index >= 15 is 0 Å². The van der Waals surface area contributed by atoms with Gasteiger partial charge in [-0.2, -0.15) is 0 Å². The van der Waals surface area contributed by atoms with E-state index in [1.54, 1.807) is 0 Å². The number of piperazine rings is 1. The van der Waals surface area contributed by atoms with Gasteiger partial charge >= 0.3 is 5.97 Å². The van der Waals surface area contributed by atoms with Crippen LogP contribution in [-0.4, -0.2) is 65.8 Å². The minimum atomic E-state index is -0.536. The molecule has 4 aliphatic rings. The minimum Gasteiger partial charge on any atom is -0.461 e. The van der Waals surface area contributed by atoms with Crippen molar-refractivity contribution in [3.63, 3.8) is 0 Å². The quantitative estimate of drug-likeness (QED) is 0.477. The molecule has 6 atom stereocenters. The lowest BCUT2D eigenvalue weighted by Crippen LogP contribution is -2.55. The number of carbonyl (C=O) groups excluding carboxylic acids is 1. The van der Waals surface area contributed by atoms with Gasteiger partial charge in [0.15, 0.2) is 0 Å². The molecule has 0 amide bonds. The molecule has 1 N–H and O–H groups in total. The van der Waals surface area contributed by atoms with Gasteiger partial charge in [-0.15, -0.1) is 0 Å². The first-order valence-electron chi connectivity index (χ1n) is 14.1. The normalized spacial score (nSPS) is 34.5. The van der Waals surface area contributed by atoms with Crippen LogP contribution in [0.3, 0.4) is 0 Å². The van der Waals surface area contributed by atoms with Crippen molar-refractivity contribution in [1.29, 1.82) is 0 Å². The lowest BCUT2D eigenvalue weighted by Gasteiger charge is -2.52. The fourth-order valence-electron chi connectivity index (χ4n) is 7.64. The molecular formula is C32H40N2O3. The van der Waals surface area contributed by atoms with E-state index in [4.69, 9.17) is 4.74 Å². The Labute approximate surface area is 221 Å². The molecule has 0 unspecified atom stereocenters. The Morgan fingerprint density at radius 1 is 1.00 bits per heavy atom. The molecule has 6 rings (SSSR count). The highest BCUT2D eigenvalue weighted by atomic mass is 16.6. The van der Waals surface area contributed by atoms with Crippen LogP contribution in [-0.2, 0) is 9.53 Å². The molecule has 0 bridgehead atoms. The SMILES string of the molecule is C[C@@H]1CCC=C2C[C@H]3OC(=O)[C@H](CN4CCN(C(c5ccccc5)c5ccccc5)CC4)[C@H]3[C@@H](O)[C@@]21C. The molecule has 5 nitrogen and oxygen atoms in total. The van der Waals surface area contributed by atoms with Gasteiger partial charge in [0.05, 0.1) is 18.1 Å². The van der Waals surface area contributed by atoms with E-state index in [9.17, 15) is 9.90 Å². The van der Waals surface area contributed by atoms with Crippen LogP contribution in [0, 0.1) is 23.2 Å². The van der Waals surface area contributed by atoms with Crippen molar-refractivity contribution in [1.82, 2.24) is 9.80 Å². The number of rotatable bonds is 5. The van der Waals surface area contributed by atoms with Crippen molar-refractivity contribution in [3.8, 4) is 0 Å². The number of aliphatic hydroxyl groups excluding tert-OH is 1. The standard InChI is InChI=1S/C32H40N2O3/c1-22-10-9-15-25-20-27-28(30(35)32(22,25)2)26(31(36)37-27)21-33-16-18-34(19-17-33)29(23-11-5-3-6-12-23)24-13-7-4-8-14-24/h3-8,11-15,22,26-30,35H,9-10,16-21H2,1-2H3/t22-,26-,27-,28-,30-,32-/m1/s1. The Hall–Kier alpha value is -2.47. The molecule has 1 saturated carbocycles. The third-order valence-corrected chi connectivity index (χ3v) is 10.0. The molecular weight excluding hydrogens is 460 g/mol. The van der Waals surface area contributed by atoms with Crippen molar-refractivity contribution in [2.24, 2.45) is 23.2 Å². The summed E-state index contributed by atoms with van der Waals surface area (Å²) in [5, 5.41) is 11.7. The van der Waals surface area contributed by atoms with Crippen molar-refractivity contribution in [3.05, 3.63) is 83.4 Å². The topological polar surface area (TPSA) is 53.0 Å². The first-order valence-corrected chi connectivity index (χ1v) is 14.1. The molecule has 5 heteroatoms. The number of benzene rings is 2. The molecule has 2 aromatic rings. The maximum Gasteiger partial charge on any atom is 0.311 e. The Kier molecular flexibility index (Phi) is 6.72. The number of ether oxygens (including phenoxy) is 1. The predicted molar refractivity (Wildman–Crippen MR) is 145 cm³/mol. The van der Waals surface area contributed by atoms with Crippen molar-refractivity contribution < 1.29 is 14.6 Å². The van der Waals surface area contributed by atoms with Gasteiger partial charge in [-0.05, 0) is 29.9 Å². The van der Waals surface area contributed by atoms with Crippen LogP contribution in [0.4, 0.5) is 0 Å². The fraction of sp³-hybridized carbons (Fsp3) is 0.531. The van der Waals surface area contributed by atoms with Crippen molar-refractivity contribution in [2.75, 3.05) is 32.7 Å². The second-order valence-electron chi connectivity index (χ2n) is 11.9. The van der Waals surface area contributed by atoms with E-state index in [0.717, 1.165) is 45.4 Å². The molecule has 2 heterocycles. The molecule has 3 fully saturated rings. The highest BCUT2D eigenvalue weighted by Crippen LogP contribution is 2.56. The number of fused-ring (bicyclic) bond motifs is 2. The summed E-state index contributed by atoms with van der Waals surface area (Å²) in [5.74, 6) is -0.0672. The Morgan fingerprint density at radius 3 is 2.24 bits per heavy atom. The summed E-state index contributed by atoms with van der Waals surface area (Å²) in [6, 6.07) is 21.7. The smallest absolute Gasteiger partial charge is 0.311 e. The largest absolute Gasteiger partial charge is 0.461 e. The van der Waals surface area contributed by atoms with Gasteiger partial charge in [-0.3, -0.25) is 14.6 Å². The van der Waals surface area contributed by atoms with Crippen molar-refractivity contribution in [2.45, 2.75) is 51.4 Å². The zero-order valence-electron chi connectivity index (χ0n) is 22.1. The summed E-state index contributed by atoms with van der Waals surface area (Å²) in [4.78, 5) is 18.1. The Balaban J connectivity index is 1.16. The number of nitrogens with zero attached hydrogens (tertiary/aromatic N) is 2. The zero-order valence-corrected chi connectivity index (χ0v) is 22.1. The van der Waals surface area contributed by atoms with Gasteiger partial charge in [0.25, 0.3) is 0 Å². The number of aliphatic hydroxyl groups is 1. The first-order chi connectivity index (χ1) is 18.0. The highest BCUT2D eigenvalue weighted by Gasteiger charge is 2.59. The zero-order chi connectivity index (χ0) is 25.6. The van der Waals surface area contributed by atoms with E-state index in [-0.39, 0.29) is 35.4 Å². The summed E-state index contributed by atoms with van der Waals surface area (Å²) < 4.78 is 5.92. The van der Waals surface area contributed by atoms with E-state index in [1.807, 2.05) is 0 Å². The number of allylic oxidation sites excluding steroid dienone is 1. The Bertz CT molecular complexity index is 1090. The predicted octanol–water partition coefficient (Wildman–Crippen LogP) is 4.68. The van der Waals surface area contributed by atoms with Gasteiger partial charge < -0.3 is 9.84 Å². The summed E-state index contributed by atoms with van der Waals surface area (Å²) in [5.41, 5.74) is 3.68. The fourth-order valence-corrected chi connectivity index (χ4v) is 7.64. The second kappa shape index (κ2) is 10.0. The minimum absolute atomic E-state index is 0.113. The van der Waals surface area contributed by atoms with E-state index < -0.39 is 6.10 Å². The van der Waals surface area contributed by atoms with Gasteiger partial charge in [-0.25, -0.2) is 0 Å². The average molecular weight is 501 g/mol. The summed E-state index contributed by atoms with van der Waals surface area (Å²) >= 11 is 0. The molecule has 0 aromatic heterocycles. The summed E-state index contributed by atoms with van der Waals surface area (Å²) in [6.07, 6.45) is 4.53. The molecule has 2 saturated heterocycles. The van der Waals surface area contributed by atoms with Gasteiger partial charge in [0, 0.05) is 50.5 Å². The first kappa shape index (κ1) is 24.8. The lowest BCUT2D eigenvalue weighted by molar-refractivity contribution is -0.145. The number of carbonyl (C=O) groups is 1. The highest BCUT2D eigenvalue weighted by molar-refractivity contribution is 5.76. The number of hydrogen-bond donors (Lipinski definition) is 1. The Morgan fingerprint density at radius 2 is 1.62 bits per heavy atom. The van der Waals surface area contributed by atoms with Crippen LogP contribution in [0.2, 0.25) is 0 Å². The van der Waals surface area contributed by atoms with Gasteiger partial charge in [-0.1, -0.05) is 86.2 Å². The summed E-state index contributed by atoms with van der Waals surface area (Å²) in [7, 11) is 0. The third kappa shape index (κ3) is 4.35. The van der Waals surface area contributed by atoms with Crippen LogP contribution in [0.1, 0.15) is 50.3 Å². The van der Waals surface area contributed by atoms with Crippen LogP contribution in [0.5, 0.6) is 0 Å².